The van der Waals surface area contributed by atoms with Gasteiger partial charge in [-0.1, -0.05) is 23.2 Å². The van der Waals surface area contributed by atoms with Gasteiger partial charge in [-0.25, -0.2) is 0 Å². The molecule has 0 radical (unpaired) electrons. The lowest BCUT2D eigenvalue weighted by molar-refractivity contribution is -0.137. The topological polar surface area (TPSA) is 54.3 Å². The Morgan fingerprint density at radius 1 is 1.09 bits per heavy atom. The number of hydrogen-bond donors (Lipinski definition) is 2. The Hall–Kier alpha value is -2.08. The summed E-state index contributed by atoms with van der Waals surface area (Å²) in [5, 5.41) is 5.31. The molecule has 0 aliphatic carbocycles. The molecule has 166 valence electrons. The van der Waals surface area contributed by atoms with Crippen molar-refractivity contribution in [1.82, 2.24) is 5.32 Å². The average Bonchev–Trinajstić information content (AvgIpc) is 3.15. The van der Waals surface area contributed by atoms with Crippen molar-refractivity contribution in [2.45, 2.75) is 6.18 Å². The number of halogens is 6. The molecule has 3 rings (SSSR count). The molecule has 11 heteroatoms. The molecule has 0 spiro atoms. The van der Waals surface area contributed by atoms with Gasteiger partial charge in [-0.3, -0.25) is 10.1 Å². The third kappa shape index (κ3) is 6.47. The predicted molar refractivity (Wildman–Crippen MR) is 132 cm³/mol. The highest BCUT2D eigenvalue weighted by molar-refractivity contribution is 14.1. The van der Waals surface area contributed by atoms with Crippen molar-refractivity contribution in [3.8, 4) is 11.3 Å². The Balaban J connectivity index is 1.64. The summed E-state index contributed by atoms with van der Waals surface area (Å²) in [6.07, 6.45) is -2.05. The molecule has 0 unspecified atom stereocenters. The summed E-state index contributed by atoms with van der Waals surface area (Å²) in [6, 6.07) is 12.0. The van der Waals surface area contributed by atoms with Gasteiger partial charge in [0.05, 0.1) is 16.3 Å². The first kappa shape index (κ1) is 24.6. The van der Waals surface area contributed by atoms with E-state index in [2.05, 4.69) is 10.6 Å². The summed E-state index contributed by atoms with van der Waals surface area (Å²) in [5.74, 6) is 0.184. The van der Waals surface area contributed by atoms with Gasteiger partial charge in [-0.05, 0) is 89.4 Å². The molecular weight excluding hydrogens is 599 g/mol. The monoisotopic (exact) mass is 610 g/mol. The van der Waals surface area contributed by atoms with Crippen LogP contribution in [0, 0.1) is 3.57 Å². The molecule has 1 amide bonds. The largest absolute Gasteiger partial charge is 0.457 e. The van der Waals surface area contributed by atoms with Crippen LogP contribution in [0.4, 0.5) is 18.9 Å². The fourth-order valence-corrected chi connectivity index (χ4v) is 3.80. The first-order chi connectivity index (χ1) is 15.0. The van der Waals surface area contributed by atoms with Crippen LogP contribution in [0.5, 0.6) is 0 Å². The number of anilines is 1. The maximum Gasteiger partial charge on any atom is 0.418 e. The fourth-order valence-electron chi connectivity index (χ4n) is 2.60. The number of hydrogen-bond acceptors (Lipinski definition) is 3. The normalized spacial score (nSPS) is 11.6. The van der Waals surface area contributed by atoms with Crippen LogP contribution < -0.4 is 10.6 Å². The molecule has 0 fully saturated rings. The SMILES string of the molecule is O=C(/C=C/c1ccc(-c2ccc(Cl)cc2Cl)o1)NC(=S)Nc1ccc(I)cc1C(F)(F)F. The van der Waals surface area contributed by atoms with Gasteiger partial charge in [0.15, 0.2) is 5.11 Å². The molecule has 1 aromatic heterocycles. The number of alkyl halides is 3. The van der Waals surface area contributed by atoms with Crippen LogP contribution in [0.3, 0.4) is 0 Å². The second kappa shape index (κ2) is 10.2. The Kier molecular flexibility index (Phi) is 7.86. The van der Waals surface area contributed by atoms with Crippen LogP contribution in [0.1, 0.15) is 11.3 Å². The van der Waals surface area contributed by atoms with Gasteiger partial charge in [0, 0.05) is 20.2 Å². The third-order valence-electron chi connectivity index (χ3n) is 3.99. The van der Waals surface area contributed by atoms with E-state index in [1.54, 1.807) is 52.9 Å². The van der Waals surface area contributed by atoms with E-state index >= 15 is 0 Å². The van der Waals surface area contributed by atoms with Crippen LogP contribution in [0.15, 0.2) is 59.0 Å². The van der Waals surface area contributed by atoms with E-state index in [9.17, 15) is 18.0 Å². The van der Waals surface area contributed by atoms with Crippen LogP contribution in [-0.4, -0.2) is 11.0 Å². The number of carbonyl (C=O) groups excluding carboxylic acids is 1. The Morgan fingerprint density at radius 2 is 1.84 bits per heavy atom. The van der Waals surface area contributed by atoms with Crippen molar-refractivity contribution in [3.63, 3.8) is 0 Å². The predicted octanol–water partition coefficient (Wildman–Crippen LogP) is 7.40. The van der Waals surface area contributed by atoms with Crippen LogP contribution >= 0.6 is 58.0 Å². The maximum absolute atomic E-state index is 13.2. The second-order valence-electron chi connectivity index (χ2n) is 6.29. The van der Waals surface area contributed by atoms with Crippen LogP contribution in [0.25, 0.3) is 17.4 Å². The molecule has 4 nitrogen and oxygen atoms in total. The van der Waals surface area contributed by atoms with E-state index in [1.165, 1.54) is 18.2 Å². The summed E-state index contributed by atoms with van der Waals surface area (Å²) in [6.45, 7) is 0. The van der Waals surface area contributed by atoms with E-state index in [1.807, 2.05) is 0 Å². The Morgan fingerprint density at radius 3 is 2.53 bits per heavy atom. The number of rotatable bonds is 4. The highest BCUT2D eigenvalue weighted by atomic mass is 127. The number of nitrogens with one attached hydrogen (secondary N) is 2. The van der Waals surface area contributed by atoms with Gasteiger partial charge in [-0.2, -0.15) is 13.2 Å². The number of furan rings is 1. The molecule has 0 saturated carbocycles. The van der Waals surface area contributed by atoms with Crippen LogP contribution in [0.2, 0.25) is 10.0 Å². The average molecular weight is 611 g/mol. The van der Waals surface area contributed by atoms with Crippen molar-refractivity contribution in [2.75, 3.05) is 5.32 Å². The van der Waals surface area contributed by atoms with E-state index in [4.69, 9.17) is 39.8 Å². The van der Waals surface area contributed by atoms with Gasteiger partial charge in [0.25, 0.3) is 0 Å². The summed E-state index contributed by atoms with van der Waals surface area (Å²) in [4.78, 5) is 12.1. The van der Waals surface area contributed by atoms with E-state index in [0.717, 1.165) is 12.1 Å². The van der Waals surface area contributed by atoms with Crippen molar-refractivity contribution in [3.05, 3.63) is 79.5 Å². The van der Waals surface area contributed by atoms with Crippen LogP contribution in [-0.2, 0) is 11.0 Å². The number of carbonyl (C=O) groups is 1. The minimum Gasteiger partial charge on any atom is -0.457 e. The molecule has 1 heterocycles. The highest BCUT2D eigenvalue weighted by Gasteiger charge is 2.34. The molecule has 0 saturated heterocycles. The maximum atomic E-state index is 13.2. The molecule has 2 N–H and O–H groups in total. The summed E-state index contributed by atoms with van der Waals surface area (Å²) < 4.78 is 45.7. The second-order valence-corrected chi connectivity index (χ2v) is 8.79. The number of thiocarbonyl (C=S) groups is 1. The smallest absolute Gasteiger partial charge is 0.418 e. The van der Waals surface area contributed by atoms with Crippen molar-refractivity contribution >= 4 is 80.8 Å². The first-order valence-corrected chi connectivity index (χ1v) is 11.0. The molecule has 3 aromatic rings. The molecule has 0 bridgehead atoms. The molecular formula is C21H12Cl2F3IN2O2S. The van der Waals surface area contributed by atoms with E-state index < -0.39 is 17.6 Å². The molecule has 2 aromatic carbocycles. The zero-order valence-corrected chi connectivity index (χ0v) is 20.3. The van der Waals surface area contributed by atoms with Crippen molar-refractivity contribution < 1.29 is 22.4 Å². The highest BCUT2D eigenvalue weighted by Crippen LogP contribution is 2.36. The minimum atomic E-state index is -4.58. The summed E-state index contributed by atoms with van der Waals surface area (Å²) >= 11 is 18.8. The third-order valence-corrected chi connectivity index (χ3v) is 5.42. The van der Waals surface area contributed by atoms with Gasteiger partial charge in [0.2, 0.25) is 5.91 Å². The number of amides is 1. The van der Waals surface area contributed by atoms with Gasteiger partial charge in [-0.15, -0.1) is 0 Å². The first-order valence-electron chi connectivity index (χ1n) is 8.75. The fraction of sp³-hybridized carbons (Fsp3) is 0.0476. The molecule has 0 atom stereocenters. The zero-order chi connectivity index (χ0) is 23.5. The molecule has 32 heavy (non-hydrogen) atoms. The summed E-state index contributed by atoms with van der Waals surface area (Å²) in [5.41, 5.74) is -0.522. The quantitative estimate of drug-likeness (QED) is 0.184. The number of benzene rings is 2. The summed E-state index contributed by atoms with van der Waals surface area (Å²) in [7, 11) is 0. The van der Waals surface area contributed by atoms with Crippen molar-refractivity contribution in [2.24, 2.45) is 0 Å². The lowest BCUT2D eigenvalue weighted by atomic mass is 10.1. The lowest BCUT2D eigenvalue weighted by Gasteiger charge is -2.15. The standard InChI is InChI=1S/C21H12Cl2F3IN2O2S/c22-11-1-5-14(16(23)9-11)18-7-3-13(31-18)4-8-19(30)29-20(32)28-17-6-2-12(27)10-15(17)21(24,25)26/h1-10H,(H2,28,29,30,32)/b8-4+. The minimum absolute atomic E-state index is 0.261. The van der Waals surface area contributed by atoms with Gasteiger partial charge < -0.3 is 9.73 Å². The Bertz CT molecular complexity index is 1210. The molecule has 0 aliphatic rings. The Labute approximate surface area is 209 Å². The lowest BCUT2D eigenvalue weighted by Crippen LogP contribution is -2.33. The van der Waals surface area contributed by atoms with E-state index in [-0.39, 0.29) is 10.8 Å². The molecule has 0 aliphatic heterocycles. The van der Waals surface area contributed by atoms with Crippen molar-refractivity contribution in [1.29, 1.82) is 0 Å². The van der Waals surface area contributed by atoms with Gasteiger partial charge >= 0.3 is 6.18 Å². The zero-order valence-electron chi connectivity index (χ0n) is 15.8. The van der Waals surface area contributed by atoms with E-state index in [0.29, 0.717) is 30.7 Å². The van der Waals surface area contributed by atoms with Gasteiger partial charge in [0.1, 0.15) is 11.5 Å².